The molecule has 0 saturated heterocycles. The first kappa shape index (κ1) is 15.4. The van der Waals surface area contributed by atoms with Crippen molar-refractivity contribution in [2.24, 2.45) is 0 Å². The van der Waals surface area contributed by atoms with Crippen molar-refractivity contribution in [2.45, 2.75) is 33.4 Å². The Balaban J connectivity index is 2.61. The Morgan fingerprint density at radius 1 is 1.53 bits per heavy atom. The van der Waals surface area contributed by atoms with Gasteiger partial charge in [0.05, 0.1) is 18.8 Å². The van der Waals surface area contributed by atoms with Crippen LogP contribution in [0.15, 0.2) is 12.1 Å². The number of aryl methyl sites for hydroxylation is 1. The topological polar surface area (TPSA) is 54.5 Å². The maximum Gasteiger partial charge on any atom is 0.239 e. The zero-order chi connectivity index (χ0) is 14.4. The lowest BCUT2D eigenvalue weighted by molar-refractivity contribution is -0.131. The summed E-state index contributed by atoms with van der Waals surface area (Å²) in [6.45, 7) is 6.99. The highest BCUT2D eigenvalue weighted by Gasteiger charge is 2.15. The number of hydrogen-bond donors (Lipinski definition) is 1. The molecule has 0 aliphatic heterocycles. The van der Waals surface area contributed by atoms with Gasteiger partial charge in [-0.2, -0.15) is 0 Å². The van der Waals surface area contributed by atoms with Crippen LogP contribution in [-0.4, -0.2) is 42.5 Å². The van der Waals surface area contributed by atoms with Crippen LogP contribution >= 0.6 is 0 Å². The maximum absolute atomic E-state index is 11.9. The van der Waals surface area contributed by atoms with E-state index in [2.05, 4.69) is 10.3 Å². The molecule has 0 aliphatic rings. The van der Waals surface area contributed by atoms with Crippen molar-refractivity contribution in [3.8, 4) is 5.75 Å². The lowest BCUT2D eigenvalue weighted by Crippen LogP contribution is -2.42. The van der Waals surface area contributed by atoms with Gasteiger partial charge in [-0.3, -0.25) is 9.78 Å². The zero-order valence-electron chi connectivity index (χ0n) is 12.4. The minimum atomic E-state index is -0.224. The van der Waals surface area contributed by atoms with E-state index in [9.17, 15) is 4.79 Å². The quantitative estimate of drug-likeness (QED) is 0.843. The van der Waals surface area contributed by atoms with Crippen LogP contribution in [0.5, 0.6) is 5.75 Å². The molecule has 5 heteroatoms. The molecule has 1 amide bonds. The summed E-state index contributed by atoms with van der Waals surface area (Å²) >= 11 is 0. The molecule has 0 bridgehead atoms. The summed E-state index contributed by atoms with van der Waals surface area (Å²) in [4.78, 5) is 18.0. The first-order valence-electron chi connectivity index (χ1n) is 6.47. The van der Waals surface area contributed by atoms with Crippen molar-refractivity contribution >= 4 is 5.91 Å². The predicted molar refractivity (Wildman–Crippen MR) is 75.1 cm³/mol. The molecule has 0 radical (unpaired) electrons. The van der Waals surface area contributed by atoms with Gasteiger partial charge in [-0.15, -0.1) is 0 Å². The lowest BCUT2D eigenvalue weighted by atomic mass is 10.2. The summed E-state index contributed by atoms with van der Waals surface area (Å²) in [5.74, 6) is 0.871. The Kier molecular flexibility index (Phi) is 5.76. The fraction of sp³-hybridized carbons (Fsp3) is 0.571. The van der Waals surface area contributed by atoms with Crippen molar-refractivity contribution in [1.29, 1.82) is 0 Å². The third-order valence-corrected chi connectivity index (χ3v) is 3.03. The average Bonchev–Trinajstić information content (AvgIpc) is 2.42. The summed E-state index contributed by atoms with van der Waals surface area (Å²) in [7, 11) is 3.43. The molecule has 1 aromatic rings. The van der Waals surface area contributed by atoms with Gasteiger partial charge in [0.1, 0.15) is 5.75 Å². The number of methoxy groups -OCH3 is 1. The second-order valence-corrected chi connectivity index (χ2v) is 4.59. The summed E-state index contributed by atoms with van der Waals surface area (Å²) in [5.41, 5.74) is 1.77. The molecule has 1 N–H and O–H groups in total. The van der Waals surface area contributed by atoms with Gasteiger partial charge in [-0.1, -0.05) is 0 Å². The molecule has 0 aliphatic carbocycles. The highest BCUT2D eigenvalue weighted by atomic mass is 16.5. The number of ether oxygens (including phenoxy) is 1. The number of nitrogens with one attached hydrogen (secondary N) is 1. The van der Waals surface area contributed by atoms with E-state index in [1.165, 1.54) is 0 Å². The third kappa shape index (κ3) is 4.52. The minimum Gasteiger partial charge on any atom is -0.497 e. The van der Waals surface area contributed by atoms with Gasteiger partial charge in [0.2, 0.25) is 5.91 Å². The smallest absolute Gasteiger partial charge is 0.239 e. The second kappa shape index (κ2) is 7.09. The molecule has 0 fully saturated rings. The van der Waals surface area contributed by atoms with E-state index in [0.29, 0.717) is 13.1 Å². The number of rotatable bonds is 6. The number of hydrogen-bond acceptors (Lipinski definition) is 4. The van der Waals surface area contributed by atoms with Gasteiger partial charge in [-0.05, 0) is 20.8 Å². The minimum absolute atomic E-state index is 0.0853. The molecule has 106 valence electrons. The number of carbonyl (C=O) groups is 1. The molecule has 1 atom stereocenters. The number of nitrogens with zero attached hydrogens (tertiary/aromatic N) is 2. The predicted octanol–water partition coefficient (Wildman–Crippen LogP) is 1.36. The third-order valence-electron chi connectivity index (χ3n) is 3.03. The number of pyridine rings is 1. The molecule has 19 heavy (non-hydrogen) atoms. The van der Waals surface area contributed by atoms with Crippen molar-refractivity contribution in [1.82, 2.24) is 15.2 Å². The van der Waals surface area contributed by atoms with Crippen LogP contribution in [0.25, 0.3) is 0 Å². The van der Waals surface area contributed by atoms with E-state index >= 15 is 0 Å². The van der Waals surface area contributed by atoms with Gasteiger partial charge in [0.15, 0.2) is 0 Å². The van der Waals surface area contributed by atoms with Crippen LogP contribution in [0.4, 0.5) is 0 Å². The maximum atomic E-state index is 11.9. The summed E-state index contributed by atoms with van der Waals surface area (Å²) in [6.07, 6.45) is 0. The Morgan fingerprint density at radius 2 is 2.21 bits per heavy atom. The van der Waals surface area contributed by atoms with Gasteiger partial charge < -0.3 is 15.0 Å². The van der Waals surface area contributed by atoms with Gasteiger partial charge in [0, 0.05) is 38.0 Å². The average molecular weight is 265 g/mol. The number of likely N-dealkylation sites (N-methyl/N-ethyl adjacent to an activating group) is 1. The summed E-state index contributed by atoms with van der Waals surface area (Å²) < 4.78 is 5.20. The second-order valence-electron chi connectivity index (χ2n) is 4.59. The SMILES string of the molecule is CCN(C)C(=O)C(C)NCc1cc(OC)cc(C)n1. The Bertz CT molecular complexity index is 435. The molecule has 1 heterocycles. The van der Waals surface area contributed by atoms with E-state index in [4.69, 9.17) is 4.74 Å². The molecule has 5 nitrogen and oxygen atoms in total. The number of carbonyl (C=O) groups excluding carboxylic acids is 1. The van der Waals surface area contributed by atoms with Gasteiger partial charge in [-0.25, -0.2) is 0 Å². The Hall–Kier alpha value is -1.62. The lowest BCUT2D eigenvalue weighted by Gasteiger charge is -2.20. The summed E-state index contributed by atoms with van der Waals surface area (Å²) in [6, 6.07) is 3.53. The number of aromatic nitrogens is 1. The van der Waals surface area contributed by atoms with Gasteiger partial charge >= 0.3 is 0 Å². The molecule has 1 unspecified atom stereocenters. The largest absolute Gasteiger partial charge is 0.497 e. The van der Waals surface area contributed by atoms with Crippen LogP contribution < -0.4 is 10.1 Å². The van der Waals surface area contributed by atoms with Crippen LogP contribution in [0.2, 0.25) is 0 Å². The van der Waals surface area contributed by atoms with Crippen LogP contribution in [-0.2, 0) is 11.3 Å². The zero-order valence-corrected chi connectivity index (χ0v) is 12.4. The molecular weight excluding hydrogens is 242 g/mol. The molecule has 1 aromatic heterocycles. The van der Waals surface area contributed by atoms with E-state index < -0.39 is 0 Å². The van der Waals surface area contributed by atoms with Gasteiger partial charge in [0.25, 0.3) is 0 Å². The standard InChI is InChI=1S/C14H23N3O2/c1-6-17(4)14(18)11(3)15-9-12-8-13(19-5)7-10(2)16-12/h7-8,11,15H,6,9H2,1-5H3. The fourth-order valence-corrected chi connectivity index (χ4v) is 1.74. The summed E-state index contributed by atoms with van der Waals surface area (Å²) in [5, 5.41) is 3.18. The van der Waals surface area contributed by atoms with Crippen LogP contribution in [0.3, 0.4) is 0 Å². The normalized spacial score (nSPS) is 12.1. The Morgan fingerprint density at radius 3 is 2.79 bits per heavy atom. The fourth-order valence-electron chi connectivity index (χ4n) is 1.74. The van der Waals surface area contributed by atoms with Crippen LogP contribution in [0.1, 0.15) is 25.2 Å². The first-order valence-corrected chi connectivity index (χ1v) is 6.47. The molecule has 0 spiro atoms. The highest BCUT2D eigenvalue weighted by Crippen LogP contribution is 2.13. The molecule has 1 rings (SSSR count). The van der Waals surface area contributed by atoms with E-state index in [1.807, 2.05) is 32.9 Å². The van der Waals surface area contributed by atoms with Crippen molar-refractivity contribution < 1.29 is 9.53 Å². The molecule has 0 aromatic carbocycles. The van der Waals surface area contributed by atoms with E-state index in [1.54, 1.807) is 19.1 Å². The van der Waals surface area contributed by atoms with Crippen molar-refractivity contribution in [2.75, 3.05) is 20.7 Å². The molecule has 0 saturated carbocycles. The number of amides is 1. The van der Waals surface area contributed by atoms with E-state index in [0.717, 1.165) is 17.1 Å². The van der Waals surface area contributed by atoms with Crippen molar-refractivity contribution in [3.63, 3.8) is 0 Å². The molecular formula is C14H23N3O2. The monoisotopic (exact) mass is 265 g/mol. The Labute approximate surface area is 115 Å². The van der Waals surface area contributed by atoms with Crippen LogP contribution in [0, 0.1) is 6.92 Å². The highest BCUT2D eigenvalue weighted by molar-refractivity contribution is 5.81. The van der Waals surface area contributed by atoms with E-state index in [-0.39, 0.29) is 11.9 Å². The van der Waals surface area contributed by atoms with Crippen molar-refractivity contribution in [3.05, 3.63) is 23.5 Å². The first-order chi connectivity index (χ1) is 8.97.